The molecule has 0 fully saturated rings. The molecule has 6 heteroatoms. The van der Waals surface area contributed by atoms with Crippen LogP contribution < -0.4 is 0 Å². The predicted molar refractivity (Wildman–Crippen MR) is 63.8 cm³/mol. The van der Waals surface area contributed by atoms with E-state index in [0.29, 0.717) is 0 Å². The van der Waals surface area contributed by atoms with Gasteiger partial charge in [0.05, 0.1) is 4.16 Å². The van der Waals surface area contributed by atoms with Gasteiger partial charge in [0.2, 0.25) is 0 Å². The van der Waals surface area contributed by atoms with Gasteiger partial charge in [-0.1, -0.05) is 50.1 Å². The lowest BCUT2D eigenvalue weighted by Crippen LogP contribution is -2.29. The molecule has 15 heavy (non-hydrogen) atoms. The number of hydrogen-bond donors (Lipinski definition) is 0. The van der Waals surface area contributed by atoms with Crippen LogP contribution in [0.5, 0.6) is 0 Å². The average Bonchev–Trinajstić information content (AvgIpc) is 2.16. The molecule has 0 radical (unpaired) electrons. The molecule has 0 heterocycles. The Morgan fingerprint density at radius 3 is 2.07 bits per heavy atom. The predicted octanol–water partition coefficient (Wildman–Crippen LogP) is 4.83. The van der Waals surface area contributed by atoms with Crippen LogP contribution in [-0.2, 0) is 0 Å². The number of hydrogen-bond acceptors (Lipinski definition) is 1. The molecule has 2 unspecified atom stereocenters. The Balaban J connectivity index is 2.60. The van der Waals surface area contributed by atoms with E-state index in [2.05, 4.69) is 31.9 Å². The third-order valence-electron chi connectivity index (χ3n) is 1.53. The van der Waals surface area contributed by atoms with E-state index in [0.717, 1.165) is 16.7 Å². The molecule has 1 rings (SSSR count). The zero-order valence-corrected chi connectivity index (χ0v) is 11.3. The van der Waals surface area contributed by atoms with Gasteiger partial charge in [0.25, 0.3) is 0 Å². The maximum atomic E-state index is 12.3. The molecule has 2 atom stereocenters. The third kappa shape index (κ3) is 4.36. The first-order valence-electron chi connectivity index (χ1n) is 3.98. The molecule has 0 aliphatic carbocycles. The van der Waals surface area contributed by atoms with E-state index in [1.54, 1.807) is 24.3 Å². The molecule has 0 N–H and O–H groups in total. The summed E-state index contributed by atoms with van der Waals surface area (Å²) in [5.74, 6) is 0. The van der Waals surface area contributed by atoms with E-state index in [4.69, 9.17) is 0 Å². The lowest BCUT2D eigenvalue weighted by Gasteiger charge is -2.19. The van der Waals surface area contributed by atoms with Crippen molar-refractivity contribution in [3.63, 3.8) is 0 Å². The molecule has 0 spiro atoms. The topological polar surface area (TPSA) is 0 Å². The van der Waals surface area contributed by atoms with Gasteiger partial charge in [0, 0.05) is 4.90 Å². The standard InChI is InChI=1S/C9H7Br2F3S/c10-7(9(12,13)14)8(11)15-6-4-2-1-3-5-6/h1-5,7-8H. The van der Waals surface area contributed by atoms with Crippen LogP contribution in [0.25, 0.3) is 0 Å². The quantitative estimate of drug-likeness (QED) is 0.547. The second-order valence-electron chi connectivity index (χ2n) is 2.73. The maximum Gasteiger partial charge on any atom is 0.403 e. The first-order valence-corrected chi connectivity index (χ1v) is 6.69. The van der Waals surface area contributed by atoms with Gasteiger partial charge in [-0.15, -0.1) is 11.8 Å². The molecule has 1 aromatic rings. The minimum Gasteiger partial charge on any atom is -0.170 e. The van der Waals surface area contributed by atoms with E-state index in [1.807, 2.05) is 6.07 Å². The van der Waals surface area contributed by atoms with Crippen LogP contribution in [0.2, 0.25) is 0 Å². The molecule has 1 aromatic carbocycles. The minimum atomic E-state index is -4.24. The van der Waals surface area contributed by atoms with Gasteiger partial charge in [0.15, 0.2) is 0 Å². The van der Waals surface area contributed by atoms with E-state index >= 15 is 0 Å². The zero-order valence-electron chi connectivity index (χ0n) is 7.34. The van der Waals surface area contributed by atoms with Gasteiger partial charge < -0.3 is 0 Å². The van der Waals surface area contributed by atoms with E-state index < -0.39 is 15.2 Å². The highest BCUT2D eigenvalue weighted by atomic mass is 79.9. The second-order valence-corrected chi connectivity index (χ2v) is 6.52. The summed E-state index contributed by atoms with van der Waals surface area (Å²) in [7, 11) is 0. The van der Waals surface area contributed by atoms with Gasteiger partial charge in [-0.05, 0) is 12.1 Å². The summed E-state index contributed by atoms with van der Waals surface area (Å²) in [6.45, 7) is 0. The van der Waals surface area contributed by atoms with Gasteiger partial charge in [-0.3, -0.25) is 0 Å². The Kier molecular flexibility index (Phi) is 4.99. The minimum absolute atomic E-state index is 0.736. The van der Waals surface area contributed by atoms with Gasteiger partial charge in [0.1, 0.15) is 4.83 Å². The molecular weight excluding hydrogens is 357 g/mol. The second kappa shape index (κ2) is 5.59. The Morgan fingerprint density at radius 2 is 1.60 bits per heavy atom. The van der Waals surface area contributed by atoms with Crippen LogP contribution in [0.4, 0.5) is 13.2 Å². The summed E-state index contributed by atoms with van der Waals surface area (Å²) in [5.41, 5.74) is 0. The SMILES string of the molecule is FC(F)(F)C(Br)C(Br)Sc1ccccc1. The zero-order chi connectivity index (χ0) is 11.5. The lowest BCUT2D eigenvalue weighted by molar-refractivity contribution is -0.123. The van der Waals surface area contributed by atoms with Crippen molar-refractivity contribution in [3.05, 3.63) is 30.3 Å². The first-order chi connectivity index (χ1) is 6.91. The molecular formula is C9H7Br2F3S. The van der Waals surface area contributed by atoms with Crippen molar-refractivity contribution in [2.24, 2.45) is 0 Å². The molecule has 0 aliphatic rings. The van der Waals surface area contributed by atoms with Crippen molar-refractivity contribution in [1.29, 1.82) is 0 Å². The summed E-state index contributed by atoms with van der Waals surface area (Å²) in [5, 5.41) is 0. The molecule has 0 aliphatic heterocycles. The van der Waals surface area contributed by atoms with Crippen LogP contribution in [0.15, 0.2) is 35.2 Å². The number of alkyl halides is 5. The van der Waals surface area contributed by atoms with Crippen LogP contribution in [-0.4, -0.2) is 15.2 Å². The lowest BCUT2D eigenvalue weighted by atomic mass is 10.4. The number of thioether (sulfide) groups is 1. The van der Waals surface area contributed by atoms with Gasteiger partial charge >= 0.3 is 6.18 Å². The Morgan fingerprint density at radius 1 is 1.07 bits per heavy atom. The molecule has 0 amide bonds. The van der Waals surface area contributed by atoms with E-state index in [1.165, 1.54) is 0 Å². The number of benzene rings is 1. The van der Waals surface area contributed by atoms with Crippen molar-refractivity contribution >= 4 is 43.6 Å². The van der Waals surface area contributed by atoms with Crippen LogP contribution in [0, 0.1) is 0 Å². The molecule has 0 saturated carbocycles. The van der Waals surface area contributed by atoms with Crippen LogP contribution >= 0.6 is 43.6 Å². The summed E-state index contributed by atoms with van der Waals surface area (Å²) in [6.07, 6.45) is -4.24. The van der Waals surface area contributed by atoms with Crippen LogP contribution in [0.1, 0.15) is 0 Å². The van der Waals surface area contributed by atoms with Crippen molar-refractivity contribution in [3.8, 4) is 0 Å². The molecule has 0 nitrogen and oxygen atoms in total. The Labute approximate surface area is 107 Å². The molecule has 0 aromatic heterocycles. The fourth-order valence-electron chi connectivity index (χ4n) is 0.837. The Hall–Kier alpha value is 0.320. The number of halogens is 5. The average molecular weight is 364 g/mol. The van der Waals surface area contributed by atoms with Crippen molar-refractivity contribution in [2.45, 2.75) is 20.1 Å². The maximum absolute atomic E-state index is 12.3. The summed E-state index contributed by atoms with van der Waals surface area (Å²) in [6, 6.07) is 8.95. The summed E-state index contributed by atoms with van der Waals surface area (Å²) >= 11 is 6.77. The fraction of sp³-hybridized carbons (Fsp3) is 0.333. The normalized spacial score (nSPS) is 16.1. The van der Waals surface area contributed by atoms with Crippen molar-refractivity contribution in [2.75, 3.05) is 0 Å². The fourth-order valence-corrected chi connectivity index (χ4v) is 2.96. The highest BCUT2D eigenvalue weighted by Crippen LogP contribution is 2.39. The monoisotopic (exact) mass is 362 g/mol. The highest BCUT2D eigenvalue weighted by Gasteiger charge is 2.42. The van der Waals surface area contributed by atoms with Gasteiger partial charge in [-0.2, -0.15) is 13.2 Å². The van der Waals surface area contributed by atoms with Gasteiger partial charge in [-0.25, -0.2) is 0 Å². The molecule has 0 bridgehead atoms. The first kappa shape index (κ1) is 13.4. The van der Waals surface area contributed by atoms with Crippen molar-refractivity contribution in [1.82, 2.24) is 0 Å². The van der Waals surface area contributed by atoms with E-state index in [-0.39, 0.29) is 0 Å². The summed E-state index contributed by atoms with van der Waals surface area (Å²) in [4.78, 5) is -0.761. The summed E-state index contributed by atoms with van der Waals surface area (Å²) < 4.78 is 36.2. The number of rotatable bonds is 3. The van der Waals surface area contributed by atoms with Crippen LogP contribution in [0.3, 0.4) is 0 Å². The largest absolute Gasteiger partial charge is 0.403 e. The molecule has 0 saturated heterocycles. The highest BCUT2D eigenvalue weighted by molar-refractivity contribution is 9.13. The smallest absolute Gasteiger partial charge is 0.170 e. The molecule has 84 valence electrons. The van der Waals surface area contributed by atoms with Crippen molar-refractivity contribution < 1.29 is 13.2 Å². The third-order valence-corrected chi connectivity index (χ3v) is 5.77. The Bertz CT molecular complexity index is 302. The van der Waals surface area contributed by atoms with E-state index in [9.17, 15) is 13.2 Å².